The number of hydrogen-bond acceptors (Lipinski definition) is 4. The number of nitrogens with one attached hydrogen (secondary N) is 1. The maximum absolute atomic E-state index is 12.6. The van der Waals surface area contributed by atoms with E-state index in [0.717, 1.165) is 55.3 Å². The maximum atomic E-state index is 12.6. The quantitative estimate of drug-likeness (QED) is 0.741. The van der Waals surface area contributed by atoms with Gasteiger partial charge in [0.2, 0.25) is 0 Å². The predicted octanol–water partition coefficient (Wildman–Crippen LogP) is 2.58. The molecule has 6 fully saturated rings. The lowest BCUT2D eigenvalue weighted by atomic mass is 9.60. The normalized spacial score (nSPS) is 57.1. The number of piperidine rings is 3. The molecule has 2 saturated carbocycles. The zero-order valence-electron chi connectivity index (χ0n) is 14.8. The van der Waals surface area contributed by atoms with Crippen molar-refractivity contribution < 1.29 is 0 Å². The van der Waals surface area contributed by atoms with E-state index in [9.17, 15) is 5.21 Å². The highest BCUT2D eigenvalue weighted by Crippen LogP contribution is 2.57. The van der Waals surface area contributed by atoms with Crippen LogP contribution in [0.1, 0.15) is 57.8 Å². The summed E-state index contributed by atoms with van der Waals surface area (Å²) in [7, 11) is 0. The van der Waals surface area contributed by atoms with E-state index >= 15 is 0 Å². The summed E-state index contributed by atoms with van der Waals surface area (Å²) in [4.78, 5) is 3.04. The first-order valence-corrected chi connectivity index (χ1v) is 10.8. The van der Waals surface area contributed by atoms with Gasteiger partial charge in [0.15, 0.2) is 0 Å². The minimum Gasteiger partial charge on any atom is -0.785 e. The summed E-state index contributed by atoms with van der Waals surface area (Å²) < 4.78 is 0. The molecule has 24 heavy (non-hydrogen) atoms. The fourth-order valence-electron chi connectivity index (χ4n) is 8.45. The molecule has 0 aromatic heterocycles. The number of nitrogens with zero attached hydrogens (tertiary/aromatic N) is 2. The molecule has 6 rings (SSSR count). The van der Waals surface area contributed by atoms with Crippen molar-refractivity contribution in [1.82, 2.24) is 15.3 Å². The van der Waals surface area contributed by atoms with Crippen LogP contribution >= 0.6 is 0 Å². The lowest BCUT2D eigenvalue weighted by Crippen LogP contribution is -2.72. The summed E-state index contributed by atoms with van der Waals surface area (Å²) in [5, 5.41) is 18.0. The summed E-state index contributed by atoms with van der Waals surface area (Å²) in [5.74, 6) is 3.35. The molecule has 6 aliphatic rings. The molecule has 4 aliphatic heterocycles. The van der Waals surface area contributed by atoms with Crippen LogP contribution in [0, 0.1) is 28.9 Å². The second-order valence-electron chi connectivity index (χ2n) is 9.62. The molecule has 2 aliphatic carbocycles. The Morgan fingerprint density at radius 3 is 2.54 bits per heavy atom. The average molecular weight is 330 g/mol. The number of fused-ring (bicyclic) bond motifs is 5. The van der Waals surface area contributed by atoms with Crippen molar-refractivity contribution in [2.45, 2.75) is 88.0 Å². The highest BCUT2D eigenvalue weighted by atomic mass is 16.5. The molecule has 4 heteroatoms. The second kappa shape index (κ2) is 5.42. The van der Waals surface area contributed by atoms with Gasteiger partial charge in [0.25, 0.3) is 0 Å². The molecule has 4 saturated heterocycles. The van der Waals surface area contributed by atoms with E-state index in [1.54, 1.807) is 0 Å². The van der Waals surface area contributed by atoms with Crippen molar-refractivity contribution in [3.8, 4) is 0 Å². The monoisotopic (exact) mass is 330 g/mol. The topological polar surface area (TPSA) is 41.6 Å². The van der Waals surface area contributed by atoms with Gasteiger partial charge in [-0.3, -0.25) is 4.90 Å². The van der Waals surface area contributed by atoms with Crippen molar-refractivity contribution in [1.29, 1.82) is 0 Å². The molecule has 9 atom stereocenters. The van der Waals surface area contributed by atoms with Crippen molar-refractivity contribution in [3.05, 3.63) is 5.21 Å². The Morgan fingerprint density at radius 2 is 1.58 bits per heavy atom. The largest absolute Gasteiger partial charge is 0.785 e. The van der Waals surface area contributed by atoms with Crippen molar-refractivity contribution in [3.63, 3.8) is 0 Å². The first kappa shape index (κ1) is 15.0. The van der Waals surface area contributed by atoms with Gasteiger partial charge in [0.05, 0.1) is 0 Å². The van der Waals surface area contributed by atoms with Crippen LogP contribution < -0.4 is 5.32 Å². The highest BCUT2D eigenvalue weighted by molar-refractivity contribution is 5.18. The van der Waals surface area contributed by atoms with Crippen LogP contribution in [0.2, 0.25) is 0 Å². The van der Waals surface area contributed by atoms with Crippen LogP contribution in [-0.4, -0.2) is 53.3 Å². The Kier molecular flexibility index (Phi) is 3.38. The Morgan fingerprint density at radius 1 is 0.750 bits per heavy atom. The SMILES string of the molecule is [O-]N1CCC2C3C(CCCC31)C1NCCC3C4CCCCC4N2C31. The van der Waals surface area contributed by atoms with E-state index in [1.807, 2.05) is 0 Å². The number of hydrogen-bond donors (Lipinski definition) is 1. The fraction of sp³-hybridized carbons (Fsp3) is 1.00. The van der Waals surface area contributed by atoms with Crippen molar-refractivity contribution >= 4 is 0 Å². The summed E-state index contributed by atoms with van der Waals surface area (Å²) >= 11 is 0. The summed E-state index contributed by atoms with van der Waals surface area (Å²) in [6.45, 7) is 2.02. The van der Waals surface area contributed by atoms with Gasteiger partial charge in [-0.15, -0.1) is 0 Å². The van der Waals surface area contributed by atoms with E-state index < -0.39 is 0 Å². The Hall–Kier alpha value is -0.160. The van der Waals surface area contributed by atoms with E-state index in [-0.39, 0.29) is 0 Å². The molecule has 1 N–H and O–H groups in total. The molecule has 4 nitrogen and oxygen atoms in total. The molecule has 0 aromatic carbocycles. The van der Waals surface area contributed by atoms with E-state index in [1.165, 1.54) is 56.6 Å². The minimum absolute atomic E-state index is 0.327. The molecule has 4 heterocycles. The average Bonchev–Trinajstić information content (AvgIpc) is 2.97. The van der Waals surface area contributed by atoms with Gasteiger partial charge in [-0.2, -0.15) is 0 Å². The fourth-order valence-corrected chi connectivity index (χ4v) is 8.45. The molecule has 9 unspecified atom stereocenters. The summed E-state index contributed by atoms with van der Waals surface area (Å²) in [6, 6.07) is 3.39. The molecular weight excluding hydrogens is 298 g/mol. The lowest BCUT2D eigenvalue weighted by molar-refractivity contribution is -0.110. The van der Waals surface area contributed by atoms with Crippen LogP contribution in [0.4, 0.5) is 0 Å². The van der Waals surface area contributed by atoms with Crippen LogP contribution in [0.15, 0.2) is 0 Å². The second-order valence-corrected chi connectivity index (χ2v) is 9.62. The number of hydroxylamine groups is 2. The minimum atomic E-state index is 0.327. The molecule has 0 amide bonds. The standard InChI is InChI=1S/C20H32N3O/c24-22-11-9-17-18-14(5-3-7-16(18)22)19-20-13(8-10-21-19)12-4-1-2-6-15(12)23(17)20/h12-21H,1-11H2/q-1. The molecule has 0 bridgehead atoms. The third-order valence-corrected chi connectivity index (χ3v) is 9.00. The van der Waals surface area contributed by atoms with Crippen LogP contribution in [0.5, 0.6) is 0 Å². The van der Waals surface area contributed by atoms with Crippen LogP contribution in [-0.2, 0) is 0 Å². The van der Waals surface area contributed by atoms with E-state index in [0.29, 0.717) is 18.0 Å². The smallest absolute Gasteiger partial charge is 0.0290 e. The maximum Gasteiger partial charge on any atom is 0.0290 e. The molecule has 0 spiro atoms. The summed E-state index contributed by atoms with van der Waals surface area (Å²) in [6.07, 6.45) is 12.2. The van der Waals surface area contributed by atoms with Gasteiger partial charge in [-0.25, -0.2) is 0 Å². The van der Waals surface area contributed by atoms with Gasteiger partial charge < -0.3 is 15.6 Å². The van der Waals surface area contributed by atoms with Crippen LogP contribution in [0.3, 0.4) is 0 Å². The molecule has 0 aromatic rings. The van der Waals surface area contributed by atoms with Crippen molar-refractivity contribution in [2.24, 2.45) is 23.7 Å². The Labute approximate surface area is 145 Å². The van der Waals surface area contributed by atoms with Gasteiger partial charge in [0.1, 0.15) is 0 Å². The zero-order chi connectivity index (χ0) is 15.8. The van der Waals surface area contributed by atoms with Gasteiger partial charge in [-0.05, 0) is 75.3 Å². The molecular formula is C20H32N3O-. The Bertz CT molecular complexity index is 513. The van der Waals surface area contributed by atoms with Crippen molar-refractivity contribution in [2.75, 3.05) is 13.1 Å². The summed E-state index contributed by atoms with van der Waals surface area (Å²) in [5.41, 5.74) is 0. The van der Waals surface area contributed by atoms with Gasteiger partial charge in [0, 0.05) is 30.2 Å². The highest BCUT2D eigenvalue weighted by Gasteiger charge is 2.63. The van der Waals surface area contributed by atoms with Crippen LogP contribution in [0.25, 0.3) is 0 Å². The van der Waals surface area contributed by atoms with Gasteiger partial charge in [-0.1, -0.05) is 19.3 Å². The van der Waals surface area contributed by atoms with Gasteiger partial charge >= 0.3 is 0 Å². The molecule has 0 radical (unpaired) electrons. The third-order valence-electron chi connectivity index (χ3n) is 9.00. The number of rotatable bonds is 0. The van der Waals surface area contributed by atoms with E-state index in [2.05, 4.69) is 10.2 Å². The Balaban J connectivity index is 1.44. The molecule has 134 valence electrons. The predicted molar refractivity (Wildman–Crippen MR) is 94.4 cm³/mol. The zero-order valence-corrected chi connectivity index (χ0v) is 14.8. The van der Waals surface area contributed by atoms with E-state index in [4.69, 9.17) is 0 Å². The lowest BCUT2D eigenvalue weighted by Gasteiger charge is -2.64. The first-order chi connectivity index (χ1) is 11.8. The first-order valence-electron chi connectivity index (χ1n) is 10.8. The third kappa shape index (κ3) is 1.84.